The number of ether oxygens (including phenoxy) is 3. The fourth-order valence-corrected chi connectivity index (χ4v) is 7.45. The van der Waals surface area contributed by atoms with E-state index in [0.29, 0.717) is 12.5 Å². The zero-order chi connectivity index (χ0) is 33.0. The van der Waals surface area contributed by atoms with Crippen molar-refractivity contribution in [1.29, 1.82) is 0 Å². The van der Waals surface area contributed by atoms with Gasteiger partial charge in [0, 0.05) is 37.0 Å². The maximum Gasteiger partial charge on any atom is 0.253 e. The highest BCUT2D eigenvalue weighted by Gasteiger charge is 2.60. The molecular formula is C28H52N6O11. The zero-order valence-corrected chi connectivity index (χ0v) is 25.7. The van der Waals surface area contributed by atoms with Crippen molar-refractivity contribution in [1.82, 2.24) is 16.0 Å². The van der Waals surface area contributed by atoms with Crippen molar-refractivity contribution in [3.63, 3.8) is 0 Å². The summed E-state index contributed by atoms with van der Waals surface area (Å²) < 4.78 is 17.9. The molecule has 0 spiro atoms. The molecule has 17 heteroatoms. The van der Waals surface area contributed by atoms with Gasteiger partial charge < -0.3 is 83.1 Å². The van der Waals surface area contributed by atoms with Gasteiger partial charge in [0.15, 0.2) is 11.9 Å². The summed E-state index contributed by atoms with van der Waals surface area (Å²) in [6.07, 6.45) is -10.8. The minimum atomic E-state index is -1.79. The molecule has 3 unspecified atom stereocenters. The number of carbonyl (C=O) groups is 1. The third-order valence-electron chi connectivity index (χ3n) is 10.5. The summed E-state index contributed by atoms with van der Waals surface area (Å²) in [7, 11) is 1.55. The second-order valence-corrected chi connectivity index (χ2v) is 14.0. The Morgan fingerprint density at radius 3 is 2.22 bits per heavy atom. The van der Waals surface area contributed by atoms with Crippen molar-refractivity contribution in [2.24, 2.45) is 29.0 Å². The highest BCUT2D eigenvalue weighted by molar-refractivity contribution is 5.89. The maximum atomic E-state index is 13.0. The Bertz CT molecular complexity index is 1040. The van der Waals surface area contributed by atoms with Crippen LogP contribution >= 0.6 is 0 Å². The van der Waals surface area contributed by atoms with E-state index < -0.39 is 102 Å². The Morgan fingerprint density at radius 1 is 0.956 bits per heavy atom. The normalized spacial score (nSPS) is 53.4. The second-order valence-electron chi connectivity index (χ2n) is 14.0. The average Bonchev–Trinajstić information content (AvgIpc) is 3.58. The minimum Gasteiger partial charge on any atom is -0.390 e. The summed E-state index contributed by atoms with van der Waals surface area (Å²) in [5.41, 5.74) is 14.9. The molecule has 5 fully saturated rings. The molecule has 0 aromatic heterocycles. The Hall–Kier alpha value is -1.13. The molecule has 0 aromatic rings. The van der Waals surface area contributed by atoms with Gasteiger partial charge in [0.25, 0.3) is 5.91 Å². The monoisotopic (exact) mass is 648 g/mol. The predicted octanol–water partition coefficient (Wildman–Crippen LogP) is -6.74. The third kappa shape index (κ3) is 6.90. The molecule has 0 bridgehead atoms. The summed E-state index contributed by atoms with van der Waals surface area (Å²) in [6, 6.07) is -3.40. The Morgan fingerprint density at radius 2 is 1.62 bits per heavy atom. The number of carbonyl (C=O) groups excluding carboxylic acids is 1. The molecule has 17 nitrogen and oxygen atoms in total. The van der Waals surface area contributed by atoms with Gasteiger partial charge in [0.1, 0.15) is 36.1 Å². The predicted molar refractivity (Wildman–Crippen MR) is 156 cm³/mol. The summed E-state index contributed by atoms with van der Waals surface area (Å²) in [4.78, 5) is 13.0. The first kappa shape index (κ1) is 35.2. The first-order valence-corrected chi connectivity index (χ1v) is 15.8. The van der Waals surface area contributed by atoms with Gasteiger partial charge in [-0.1, -0.05) is 0 Å². The van der Waals surface area contributed by atoms with E-state index in [0.717, 1.165) is 12.8 Å². The Labute approximate surface area is 261 Å². The first-order valence-electron chi connectivity index (χ1n) is 15.8. The summed E-state index contributed by atoms with van der Waals surface area (Å²) in [6.45, 7) is 2.03. The molecule has 3 aliphatic carbocycles. The molecule has 5 aliphatic rings. The lowest BCUT2D eigenvalue weighted by Gasteiger charge is -2.52. The van der Waals surface area contributed by atoms with Crippen LogP contribution in [-0.2, 0) is 19.0 Å². The van der Waals surface area contributed by atoms with Gasteiger partial charge >= 0.3 is 0 Å². The first-order chi connectivity index (χ1) is 21.1. The second kappa shape index (κ2) is 13.4. The van der Waals surface area contributed by atoms with E-state index in [9.17, 15) is 40.5 Å². The van der Waals surface area contributed by atoms with Crippen LogP contribution in [0.15, 0.2) is 0 Å². The van der Waals surface area contributed by atoms with Crippen molar-refractivity contribution >= 4 is 5.91 Å². The van der Waals surface area contributed by atoms with Crippen LogP contribution in [0.25, 0.3) is 0 Å². The van der Waals surface area contributed by atoms with Crippen molar-refractivity contribution in [3.05, 3.63) is 0 Å². The van der Waals surface area contributed by atoms with Crippen LogP contribution < -0.4 is 33.2 Å². The Balaban J connectivity index is 1.35. The molecule has 45 heavy (non-hydrogen) atoms. The molecule has 260 valence electrons. The number of amides is 1. The smallest absolute Gasteiger partial charge is 0.253 e. The SMILES string of the molecule is CN[C@@H]1[C@@H](O)[C@@H](O[C@H]2[C@H](NC(=O)C3(O)CC3N)C[C@H](N)C([C@H]3O[C@H](CNCC4CC(N)C4)[C@@H](O)[C@H](O)[C@H]3O)[C@@H]2O)OC[C@]1(C)O. The molecule has 5 rings (SSSR count). The molecule has 0 aromatic carbocycles. The number of aliphatic hydroxyl groups is 7. The van der Waals surface area contributed by atoms with Crippen LogP contribution in [0.1, 0.15) is 32.6 Å². The van der Waals surface area contributed by atoms with Crippen molar-refractivity contribution in [2.75, 3.05) is 26.7 Å². The standard InChI is InChI=1S/C28H52N6O11/c1-27(41)9-43-25(21(39)24(27)32-2)45-22-13(34-26(40)28(42)6-15(28)31)5-12(30)16(18(22)36)23-20(38)19(37)17(35)14(44-23)8-33-7-10-3-11(29)4-10/h10-25,32-33,35-39,41-42H,3-9,29-31H2,1-2H3,(H,34,40)/t10?,11?,12-,13+,14+,15?,16?,17+,18-,19-,20+,21+,22-,23+,24+,25+,27-,28?/m0/s1. The van der Waals surface area contributed by atoms with Crippen LogP contribution in [0.5, 0.6) is 0 Å². The van der Waals surface area contributed by atoms with E-state index in [1.54, 1.807) is 7.05 Å². The number of likely N-dealkylation sites (N-methyl/N-ethyl adjacent to an activating group) is 1. The fraction of sp³-hybridized carbons (Fsp3) is 0.964. The molecule has 2 saturated heterocycles. The van der Waals surface area contributed by atoms with Crippen LogP contribution in [0.4, 0.5) is 0 Å². The van der Waals surface area contributed by atoms with Crippen LogP contribution in [0.3, 0.4) is 0 Å². The number of nitrogens with one attached hydrogen (secondary N) is 3. The van der Waals surface area contributed by atoms with E-state index in [1.165, 1.54) is 6.92 Å². The largest absolute Gasteiger partial charge is 0.390 e. The van der Waals surface area contributed by atoms with Crippen molar-refractivity contribution in [2.45, 2.75) is 129 Å². The third-order valence-corrected chi connectivity index (χ3v) is 10.5. The van der Waals surface area contributed by atoms with Gasteiger partial charge in [-0.2, -0.15) is 0 Å². The minimum absolute atomic E-state index is 0.0322. The lowest BCUT2D eigenvalue weighted by atomic mass is 9.72. The van der Waals surface area contributed by atoms with E-state index >= 15 is 0 Å². The molecule has 1 amide bonds. The van der Waals surface area contributed by atoms with Gasteiger partial charge in [0.05, 0.1) is 37.0 Å². The summed E-state index contributed by atoms with van der Waals surface area (Å²) in [5, 5.41) is 85.3. The maximum absolute atomic E-state index is 13.0. The molecular weight excluding hydrogens is 596 g/mol. The lowest BCUT2D eigenvalue weighted by Crippen LogP contribution is -2.71. The van der Waals surface area contributed by atoms with Gasteiger partial charge in [-0.25, -0.2) is 0 Å². The Kier molecular flexibility index (Phi) is 10.5. The number of hydrogen-bond acceptors (Lipinski definition) is 16. The molecule has 16 atom stereocenters. The lowest BCUT2D eigenvalue weighted by molar-refractivity contribution is -0.303. The van der Waals surface area contributed by atoms with Crippen LogP contribution in [0, 0.1) is 11.8 Å². The molecule has 16 N–H and O–H groups in total. The topological polar surface area (TPSA) is 301 Å². The van der Waals surface area contributed by atoms with E-state index in [-0.39, 0.29) is 32.0 Å². The van der Waals surface area contributed by atoms with E-state index in [4.69, 9.17) is 31.4 Å². The van der Waals surface area contributed by atoms with Gasteiger partial charge in [-0.05, 0) is 45.7 Å². The van der Waals surface area contributed by atoms with Crippen LogP contribution in [-0.4, -0.2) is 165 Å². The number of hydrogen-bond donors (Lipinski definition) is 13. The highest BCUT2D eigenvalue weighted by atomic mass is 16.7. The molecule has 0 radical (unpaired) electrons. The van der Waals surface area contributed by atoms with Gasteiger partial charge in [0.2, 0.25) is 0 Å². The zero-order valence-electron chi connectivity index (χ0n) is 25.7. The van der Waals surface area contributed by atoms with Crippen molar-refractivity contribution in [3.8, 4) is 0 Å². The fourth-order valence-electron chi connectivity index (χ4n) is 7.45. The van der Waals surface area contributed by atoms with Crippen molar-refractivity contribution < 1.29 is 54.8 Å². The number of aliphatic hydroxyl groups excluding tert-OH is 5. The number of nitrogens with two attached hydrogens (primary N) is 3. The summed E-state index contributed by atoms with van der Waals surface area (Å²) in [5.74, 6) is -1.47. The van der Waals surface area contributed by atoms with E-state index in [2.05, 4.69) is 16.0 Å². The van der Waals surface area contributed by atoms with E-state index in [1.807, 2.05) is 0 Å². The van der Waals surface area contributed by atoms with Gasteiger partial charge in [-0.15, -0.1) is 0 Å². The summed E-state index contributed by atoms with van der Waals surface area (Å²) >= 11 is 0. The quantitative estimate of drug-likeness (QED) is 0.105. The van der Waals surface area contributed by atoms with Gasteiger partial charge in [-0.3, -0.25) is 4.79 Å². The molecule has 2 aliphatic heterocycles. The number of rotatable bonds is 10. The molecule has 3 saturated carbocycles. The van der Waals surface area contributed by atoms with Crippen LogP contribution in [0.2, 0.25) is 0 Å². The molecule has 2 heterocycles. The highest BCUT2D eigenvalue weighted by Crippen LogP contribution is 2.39. The average molecular weight is 649 g/mol.